The number of ether oxygens (including phenoxy) is 2. The molecule has 0 unspecified atom stereocenters. The summed E-state index contributed by atoms with van der Waals surface area (Å²) in [6, 6.07) is 19.2. The molecule has 8 heteroatoms. The van der Waals surface area contributed by atoms with Crippen LogP contribution in [0.15, 0.2) is 77.9 Å². The summed E-state index contributed by atoms with van der Waals surface area (Å²) in [5, 5.41) is 6.77. The van der Waals surface area contributed by atoms with E-state index in [2.05, 4.69) is 20.6 Å². The topological polar surface area (TPSA) is 87.7 Å². The summed E-state index contributed by atoms with van der Waals surface area (Å²) < 4.78 is 24.9. The van der Waals surface area contributed by atoms with Crippen LogP contribution in [0.2, 0.25) is 0 Å². The van der Waals surface area contributed by atoms with Crippen molar-refractivity contribution >= 4 is 28.5 Å². The van der Waals surface area contributed by atoms with Gasteiger partial charge in [0.2, 0.25) is 12.8 Å². The third-order valence-corrected chi connectivity index (χ3v) is 5.32. The van der Waals surface area contributed by atoms with Crippen LogP contribution >= 0.6 is 0 Å². The molecule has 1 aromatic heterocycles. The minimum atomic E-state index is -0.445. The first-order valence-electron chi connectivity index (χ1n) is 10.5. The maximum absolute atomic E-state index is 14.2. The average Bonchev–Trinajstić information content (AvgIpc) is 3.47. The Kier molecular flexibility index (Phi) is 5.63. The van der Waals surface area contributed by atoms with Crippen LogP contribution in [0.3, 0.4) is 0 Å². The fourth-order valence-corrected chi connectivity index (χ4v) is 3.64. The molecule has 0 aliphatic carbocycles. The van der Waals surface area contributed by atoms with Crippen LogP contribution < -0.4 is 20.1 Å². The summed E-state index contributed by atoms with van der Waals surface area (Å²) in [5.41, 5.74) is 2.76. The first kappa shape index (κ1) is 20.6. The molecule has 3 aromatic carbocycles. The minimum Gasteiger partial charge on any atom is -0.454 e. The van der Waals surface area contributed by atoms with Gasteiger partial charge in [0.15, 0.2) is 11.5 Å². The Labute approximate surface area is 189 Å². The van der Waals surface area contributed by atoms with E-state index in [1.807, 2.05) is 30.5 Å². The maximum Gasteiger partial charge on any atom is 0.258 e. The van der Waals surface area contributed by atoms with E-state index in [0.29, 0.717) is 30.0 Å². The van der Waals surface area contributed by atoms with Gasteiger partial charge in [-0.25, -0.2) is 4.39 Å². The molecule has 5 rings (SSSR count). The Morgan fingerprint density at radius 1 is 1.03 bits per heavy atom. The van der Waals surface area contributed by atoms with Crippen molar-refractivity contribution in [3.63, 3.8) is 0 Å². The Hall–Kier alpha value is -4.33. The smallest absolute Gasteiger partial charge is 0.258 e. The van der Waals surface area contributed by atoms with Gasteiger partial charge in [-0.2, -0.15) is 0 Å². The highest BCUT2D eigenvalue weighted by Crippen LogP contribution is 2.32. The highest BCUT2D eigenvalue weighted by atomic mass is 19.1. The van der Waals surface area contributed by atoms with Gasteiger partial charge in [-0.1, -0.05) is 30.3 Å². The van der Waals surface area contributed by atoms with Crippen LogP contribution in [-0.4, -0.2) is 30.2 Å². The number of anilines is 1. The minimum absolute atomic E-state index is 0.121. The number of aromatic nitrogens is 1. The first-order valence-corrected chi connectivity index (χ1v) is 10.5. The number of rotatable bonds is 5. The molecular formula is C25H21FN4O3. The molecule has 0 spiro atoms. The van der Waals surface area contributed by atoms with Crippen molar-refractivity contribution in [3.05, 3.63) is 89.9 Å². The number of aliphatic imine (C=N–C) groups is 1. The predicted molar refractivity (Wildman–Crippen MR) is 124 cm³/mol. The average molecular weight is 444 g/mol. The number of H-pyrrole nitrogens is 1. The Morgan fingerprint density at radius 3 is 2.76 bits per heavy atom. The largest absolute Gasteiger partial charge is 0.454 e. The molecule has 33 heavy (non-hydrogen) atoms. The standard InChI is InChI=1S/C25H21FN4O3/c26-19-6-2-4-8-21(19)29-25(27-12-11-17-14-28-20-7-3-1-5-18(17)20)30-24(31)16-9-10-22-23(13-16)33-15-32-22/h1-10,13-14,28H,11-12,15H2,(H2,27,29,30,31). The SMILES string of the molecule is O=C(NC(=NCCc1c[nH]c2ccccc12)Nc1ccccc1F)c1ccc2c(c1)OCO2. The van der Waals surface area contributed by atoms with Gasteiger partial charge >= 0.3 is 0 Å². The molecule has 166 valence electrons. The molecule has 0 saturated heterocycles. The quantitative estimate of drug-likeness (QED) is 0.313. The molecule has 0 fully saturated rings. The monoisotopic (exact) mass is 444 g/mol. The summed E-state index contributed by atoms with van der Waals surface area (Å²) in [4.78, 5) is 20.6. The van der Waals surface area contributed by atoms with E-state index in [4.69, 9.17) is 9.47 Å². The van der Waals surface area contributed by atoms with Gasteiger partial charge in [0.1, 0.15) is 5.82 Å². The number of para-hydroxylation sites is 2. The van der Waals surface area contributed by atoms with Crippen molar-refractivity contribution in [1.82, 2.24) is 10.3 Å². The normalized spacial score (nSPS) is 12.7. The van der Waals surface area contributed by atoms with Crippen LogP contribution in [0.5, 0.6) is 11.5 Å². The van der Waals surface area contributed by atoms with Crippen LogP contribution in [0.25, 0.3) is 10.9 Å². The van der Waals surface area contributed by atoms with Crippen LogP contribution in [0, 0.1) is 5.82 Å². The molecule has 0 atom stereocenters. The molecule has 1 amide bonds. The van der Waals surface area contributed by atoms with Crippen LogP contribution in [0.4, 0.5) is 10.1 Å². The Morgan fingerprint density at radius 2 is 1.85 bits per heavy atom. The molecule has 2 heterocycles. The number of aromatic amines is 1. The van der Waals surface area contributed by atoms with E-state index in [1.54, 1.807) is 36.4 Å². The van der Waals surface area contributed by atoms with Gasteiger partial charge in [0, 0.05) is 29.2 Å². The molecule has 0 bridgehead atoms. The van der Waals surface area contributed by atoms with Gasteiger partial charge in [0.05, 0.1) is 5.69 Å². The van der Waals surface area contributed by atoms with Crippen LogP contribution in [-0.2, 0) is 6.42 Å². The number of amides is 1. The number of guanidine groups is 1. The molecular weight excluding hydrogens is 423 g/mol. The van der Waals surface area contributed by atoms with E-state index >= 15 is 0 Å². The van der Waals surface area contributed by atoms with Gasteiger partial charge in [-0.05, 0) is 48.4 Å². The highest BCUT2D eigenvalue weighted by molar-refractivity contribution is 6.10. The number of halogens is 1. The molecule has 1 aliphatic heterocycles. The number of fused-ring (bicyclic) bond motifs is 2. The maximum atomic E-state index is 14.2. The number of carbonyl (C=O) groups excluding carboxylic acids is 1. The third-order valence-electron chi connectivity index (χ3n) is 5.32. The van der Waals surface area contributed by atoms with E-state index in [0.717, 1.165) is 16.5 Å². The van der Waals surface area contributed by atoms with Crippen molar-refractivity contribution < 1.29 is 18.7 Å². The first-order chi connectivity index (χ1) is 16.2. The second-order valence-corrected chi connectivity index (χ2v) is 7.47. The number of benzene rings is 3. The number of hydrogen-bond acceptors (Lipinski definition) is 4. The summed E-state index contributed by atoms with van der Waals surface area (Å²) in [6.45, 7) is 0.510. The lowest BCUT2D eigenvalue weighted by Gasteiger charge is -2.13. The van der Waals surface area contributed by atoms with Crippen molar-refractivity contribution in [2.45, 2.75) is 6.42 Å². The van der Waals surface area contributed by atoms with Gasteiger partial charge in [-0.3, -0.25) is 15.1 Å². The van der Waals surface area contributed by atoms with Gasteiger partial charge in [-0.15, -0.1) is 0 Å². The Balaban J connectivity index is 1.35. The van der Waals surface area contributed by atoms with Crippen molar-refractivity contribution in [1.29, 1.82) is 0 Å². The fraction of sp³-hybridized carbons (Fsp3) is 0.120. The predicted octanol–water partition coefficient (Wildman–Crippen LogP) is 4.48. The van der Waals surface area contributed by atoms with Gasteiger partial charge in [0.25, 0.3) is 5.91 Å². The molecule has 0 radical (unpaired) electrons. The van der Waals surface area contributed by atoms with E-state index in [-0.39, 0.29) is 18.4 Å². The molecule has 4 aromatic rings. The van der Waals surface area contributed by atoms with Gasteiger partial charge < -0.3 is 19.8 Å². The number of carbonyl (C=O) groups is 1. The van der Waals surface area contributed by atoms with E-state index in [1.165, 1.54) is 6.07 Å². The second-order valence-electron chi connectivity index (χ2n) is 7.47. The molecule has 3 N–H and O–H groups in total. The summed E-state index contributed by atoms with van der Waals surface area (Å²) >= 11 is 0. The van der Waals surface area contributed by atoms with Crippen LogP contribution in [0.1, 0.15) is 15.9 Å². The molecule has 7 nitrogen and oxygen atoms in total. The third kappa shape index (κ3) is 4.50. The van der Waals surface area contributed by atoms with E-state index < -0.39 is 11.7 Å². The molecule has 0 saturated carbocycles. The molecule has 1 aliphatic rings. The lowest BCUT2D eigenvalue weighted by Crippen LogP contribution is -2.36. The second kappa shape index (κ2) is 9.04. The zero-order valence-corrected chi connectivity index (χ0v) is 17.6. The number of nitrogens with zero attached hydrogens (tertiary/aromatic N) is 1. The fourth-order valence-electron chi connectivity index (χ4n) is 3.64. The highest BCUT2D eigenvalue weighted by Gasteiger charge is 2.17. The summed E-state index contributed by atoms with van der Waals surface area (Å²) in [7, 11) is 0. The lowest BCUT2D eigenvalue weighted by molar-refractivity contribution is 0.0976. The zero-order chi connectivity index (χ0) is 22.6. The van der Waals surface area contributed by atoms with Crippen molar-refractivity contribution in [2.24, 2.45) is 4.99 Å². The summed E-state index contributed by atoms with van der Waals surface area (Å²) in [6.07, 6.45) is 2.60. The number of hydrogen-bond donors (Lipinski definition) is 3. The summed E-state index contributed by atoms with van der Waals surface area (Å²) in [5.74, 6) is 0.399. The van der Waals surface area contributed by atoms with E-state index in [9.17, 15) is 9.18 Å². The number of nitrogens with one attached hydrogen (secondary N) is 3. The lowest BCUT2D eigenvalue weighted by atomic mass is 10.1. The van der Waals surface area contributed by atoms with Crippen molar-refractivity contribution in [3.8, 4) is 11.5 Å². The zero-order valence-electron chi connectivity index (χ0n) is 17.6. The Bertz CT molecular complexity index is 1350. The van der Waals surface area contributed by atoms with Crippen molar-refractivity contribution in [2.75, 3.05) is 18.7 Å².